The normalized spacial score (nSPS) is 12.2. The summed E-state index contributed by atoms with van der Waals surface area (Å²) in [5, 5.41) is 0. The van der Waals surface area contributed by atoms with Gasteiger partial charge in [0.2, 0.25) is 0 Å². The lowest BCUT2D eigenvalue weighted by Crippen LogP contribution is -2.22. The second kappa shape index (κ2) is 4.00. The number of pyridine rings is 1. The molecular weight excluding hydrogens is 168 g/mol. The van der Waals surface area contributed by atoms with Crippen LogP contribution >= 0.6 is 0 Å². The number of nitrogens with two attached hydrogens (primary N) is 1. The van der Waals surface area contributed by atoms with Gasteiger partial charge in [0, 0.05) is 11.9 Å². The molecule has 0 bridgehead atoms. The van der Waals surface area contributed by atoms with E-state index in [-0.39, 0.29) is 0 Å². The molecule has 0 radical (unpaired) electrons. The number of hydrogen-bond donors (Lipinski definition) is 1. The number of hydrogen-bond acceptors (Lipinski definition) is 4. The van der Waals surface area contributed by atoms with Crippen LogP contribution in [0.2, 0.25) is 0 Å². The van der Waals surface area contributed by atoms with Crippen molar-refractivity contribution in [2.75, 3.05) is 7.11 Å². The van der Waals surface area contributed by atoms with E-state index in [9.17, 15) is 4.79 Å². The van der Waals surface area contributed by atoms with Crippen molar-refractivity contribution in [3.8, 4) is 0 Å². The summed E-state index contributed by atoms with van der Waals surface area (Å²) >= 11 is 0. The van der Waals surface area contributed by atoms with Crippen LogP contribution in [0, 0.1) is 6.92 Å². The molecule has 0 aliphatic carbocycles. The number of aryl methyl sites for hydroxylation is 1. The molecule has 1 heterocycles. The van der Waals surface area contributed by atoms with Gasteiger partial charge in [-0.3, -0.25) is 9.78 Å². The Morgan fingerprint density at radius 1 is 1.62 bits per heavy atom. The Hall–Kier alpha value is -1.42. The van der Waals surface area contributed by atoms with Crippen LogP contribution in [-0.4, -0.2) is 18.1 Å². The van der Waals surface area contributed by atoms with E-state index >= 15 is 0 Å². The highest BCUT2D eigenvalue weighted by molar-refractivity contribution is 5.77. The van der Waals surface area contributed by atoms with Crippen molar-refractivity contribution in [3.05, 3.63) is 29.6 Å². The van der Waals surface area contributed by atoms with E-state index in [4.69, 9.17) is 5.73 Å². The van der Waals surface area contributed by atoms with Gasteiger partial charge in [-0.1, -0.05) is 6.07 Å². The van der Waals surface area contributed by atoms with E-state index < -0.39 is 12.0 Å². The maximum absolute atomic E-state index is 11.0. The summed E-state index contributed by atoms with van der Waals surface area (Å²) in [6, 6.07) is 2.83. The average molecular weight is 180 g/mol. The van der Waals surface area contributed by atoms with Gasteiger partial charge in [-0.15, -0.1) is 0 Å². The monoisotopic (exact) mass is 180 g/mol. The standard InChI is InChI=1S/C9H12N2O2/c1-6-3-4-7(5-11-6)8(10)9(12)13-2/h3-5,8H,10H2,1-2H3. The molecule has 0 spiro atoms. The quantitative estimate of drug-likeness (QED) is 0.675. The third-order valence-corrected chi connectivity index (χ3v) is 1.75. The molecule has 0 aliphatic heterocycles. The highest BCUT2D eigenvalue weighted by Crippen LogP contribution is 2.10. The lowest BCUT2D eigenvalue weighted by molar-refractivity contribution is -0.142. The second-order valence-corrected chi connectivity index (χ2v) is 2.73. The van der Waals surface area contributed by atoms with Gasteiger partial charge in [-0.25, -0.2) is 0 Å². The summed E-state index contributed by atoms with van der Waals surface area (Å²) in [6.45, 7) is 1.87. The molecular formula is C9H12N2O2. The number of nitrogens with zero attached hydrogens (tertiary/aromatic N) is 1. The minimum atomic E-state index is -0.738. The molecule has 70 valence electrons. The van der Waals surface area contributed by atoms with E-state index in [1.54, 1.807) is 18.3 Å². The van der Waals surface area contributed by atoms with E-state index in [1.165, 1.54) is 7.11 Å². The van der Waals surface area contributed by atoms with Crippen molar-refractivity contribution in [2.24, 2.45) is 5.73 Å². The molecule has 0 saturated heterocycles. The van der Waals surface area contributed by atoms with E-state index in [0.717, 1.165) is 5.69 Å². The highest BCUT2D eigenvalue weighted by Gasteiger charge is 2.15. The molecule has 0 fully saturated rings. The van der Waals surface area contributed by atoms with Crippen LogP contribution in [0.15, 0.2) is 18.3 Å². The Labute approximate surface area is 76.7 Å². The Balaban J connectivity index is 2.83. The van der Waals surface area contributed by atoms with Gasteiger partial charge >= 0.3 is 5.97 Å². The van der Waals surface area contributed by atoms with Crippen molar-refractivity contribution in [1.29, 1.82) is 0 Å². The summed E-state index contributed by atoms with van der Waals surface area (Å²) in [6.07, 6.45) is 1.58. The van der Waals surface area contributed by atoms with Gasteiger partial charge in [-0.05, 0) is 18.6 Å². The minimum Gasteiger partial charge on any atom is -0.468 e. The van der Waals surface area contributed by atoms with Gasteiger partial charge in [-0.2, -0.15) is 0 Å². The predicted octanol–water partition coefficient (Wildman–Crippen LogP) is 0.563. The van der Waals surface area contributed by atoms with Crippen LogP contribution in [0.3, 0.4) is 0 Å². The fourth-order valence-electron chi connectivity index (χ4n) is 0.926. The molecule has 0 saturated carbocycles. The molecule has 0 aliphatic rings. The second-order valence-electron chi connectivity index (χ2n) is 2.73. The minimum absolute atomic E-state index is 0.453. The van der Waals surface area contributed by atoms with Gasteiger partial charge in [0.15, 0.2) is 0 Å². The van der Waals surface area contributed by atoms with E-state index in [1.807, 2.05) is 6.92 Å². The molecule has 2 N–H and O–H groups in total. The average Bonchev–Trinajstić information content (AvgIpc) is 2.17. The van der Waals surface area contributed by atoms with Gasteiger partial charge in [0.1, 0.15) is 6.04 Å². The maximum Gasteiger partial charge on any atom is 0.327 e. The summed E-state index contributed by atoms with van der Waals surface area (Å²) in [5.74, 6) is -0.453. The molecule has 4 heteroatoms. The molecule has 1 unspecified atom stereocenters. The molecule has 1 aromatic rings. The zero-order valence-corrected chi connectivity index (χ0v) is 7.65. The molecule has 13 heavy (non-hydrogen) atoms. The first-order chi connectivity index (χ1) is 6.15. The number of methoxy groups -OCH3 is 1. The third-order valence-electron chi connectivity index (χ3n) is 1.75. The zero-order chi connectivity index (χ0) is 9.84. The van der Waals surface area contributed by atoms with Crippen LogP contribution < -0.4 is 5.73 Å². The fraction of sp³-hybridized carbons (Fsp3) is 0.333. The van der Waals surface area contributed by atoms with Crippen LogP contribution in [0.5, 0.6) is 0 Å². The third kappa shape index (κ3) is 2.26. The lowest BCUT2D eigenvalue weighted by atomic mass is 10.1. The molecule has 4 nitrogen and oxygen atoms in total. The molecule has 1 aromatic heterocycles. The highest BCUT2D eigenvalue weighted by atomic mass is 16.5. The molecule has 0 amide bonds. The number of carbonyl (C=O) groups is 1. The van der Waals surface area contributed by atoms with Crippen LogP contribution in [0.1, 0.15) is 17.3 Å². The summed E-state index contributed by atoms with van der Waals surface area (Å²) in [4.78, 5) is 15.1. The molecule has 1 rings (SSSR count). The smallest absolute Gasteiger partial charge is 0.327 e. The molecule has 0 aromatic carbocycles. The first-order valence-corrected chi connectivity index (χ1v) is 3.91. The number of rotatable bonds is 2. The zero-order valence-electron chi connectivity index (χ0n) is 7.65. The summed E-state index contributed by atoms with van der Waals surface area (Å²) < 4.78 is 4.50. The Bertz CT molecular complexity index is 295. The van der Waals surface area contributed by atoms with Gasteiger partial charge < -0.3 is 10.5 Å². The number of ether oxygens (including phenoxy) is 1. The first-order valence-electron chi connectivity index (χ1n) is 3.91. The van der Waals surface area contributed by atoms with Crippen LogP contribution in [-0.2, 0) is 9.53 Å². The topological polar surface area (TPSA) is 65.2 Å². The summed E-state index contributed by atoms with van der Waals surface area (Å²) in [7, 11) is 1.31. The fourth-order valence-corrected chi connectivity index (χ4v) is 0.926. The van der Waals surface area contributed by atoms with Crippen molar-refractivity contribution < 1.29 is 9.53 Å². The maximum atomic E-state index is 11.0. The van der Waals surface area contributed by atoms with Crippen molar-refractivity contribution in [3.63, 3.8) is 0 Å². The van der Waals surface area contributed by atoms with E-state index in [2.05, 4.69) is 9.72 Å². The van der Waals surface area contributed by atoms with Crippen molar-refractivity contribution in [2.45, 2.75) is 13.0 Å². The van der Waals surface area contributed by atoms with E-state index in [0.29, 0.717) is 5.56 Å². The van der Waals surface area contributed by atoms with Gasteiger partial charge in [0.05, 0.1) is 7.11 Å². The molecule has 1 atom stereocenters. The number of esters is 1. The van der Waals surface area contributed by atoms with Crippen LogP contribution in [0.25, 0.3) is 0 Å². The lowest BCUT2D eigenvalue weighted by Gasteiger charge is -2.08. The van der Waals surface area contributed by atoms with Crippen molar-refractivity contribution in [1.82, 2.24) is 4.98 Å². The summed E-state index contributed by atoms with van der Waals surface area (Å²) in [5.41, 5.74) is 7.14. The Morgan fingerprint density at radius 3 is 2.77 bits per heavy atom. The van der Waals surface area contributed by atoms with Crippen molar-refractivity contribution >= 4 is 5.97 Å². The first kappa shape index (κ1) is 9.67. The van der Waals surface area contributed by atoms with Gasteiger partial charge in [0.25, 0.3) is 0 Å². The largest absolute Gasteiger partial charge is 0.468 e. The number of aromatic nitrogens is 1. The number of carbonyl (C=O) groups excluding carboxylic acids is 1. The Morgan fingerprint density at radius 2 is 2.31 bits per heavy atom. The SMILES string of the molecule is COC(=O)C(N)c1ccc(C)nc1. The predicted molar refractivity (Wildman–Crippen MR) is 47.9 cm³/mol. The Kier molecular flexibility index (Phi) is 2.97. The van der Waals surface area contributed by atoms with Crippen LogP contribution in [0.4, 0.5) is 0 Å².